The van der Waals surface area contributed by atoms with Crippen LogP contribution in [0.3, 0.4) is 0 Å². The van der Waals surface area contributed by atoms with Crippen molar-refractivity contribution >= 4 is 11.9 Å². The topological polar surface area (TPSA) is 66.8 Å². The molecule has 0 radical (unpaired) electrons. The third-order valence-electron chi connectivity index (χ3n) is 2.90. The molecular formula is C10H17NO4. The van der Waals surface area contributed by atoms with Gasteiger partial charge in [0.1, 0.15) is 11.6 Å². The van der Waals surface area contributed by atoms with E-state index in [0.29, 0.717) is 13.0 Å². The lowest BCUT2D eigenvalue weighted by atomic mass is 10.0. The lowest BCUT2D eigenvalue weighted by Gasteiger charge is -2.33. The van der Waals surface area contributed by atoms with Crippen LogP contribution in [-0.2, 0) is 14.3 Å². The lowest BCUT2D eigenvalue weighted by Crippen LogP contribution is -2.53. The summed E-state index contributed by atoms with van der Waals surface area (Å²) in [7, 11) is 1.50. The van der Waals surface area contributed by atoms with Crippen LogP contribution < -0.4 is 0 Å². The first-order valence-electron chi connectivity index (χ1n) is 5.00. The first kappa shape index (κ1) is 12.0. The molecule has 86 valence electrons. The maximum Gasteiger partial charge on any atom is 0.329 e. The van der Waals surface area contributed by atoms with Crippen LogP contribution in [0.4, 0.5) is 0 Å². The van der Waals surface area contributed by atoms with Gasteiger partial charge in [-0.2, -0.15) is 0 Å². The first-order valence-corrected chi connectivity index (χ1v) is 5.00. The standard InChI is InChI=1S/C10H17NO4/c1-10(2,9(13)14)11(3)8(12)7-5-4-6-15-7/h7H,4-6H2,1-3H3,(H,13,14). The summed E-state index contributed by atoms with van der Waals surface area (Å²) in [6, 6.07) is 0. The SMILES string of the molecule is CN(C(=O)C1CCCO1)C(C)(C)C(=O)O. The fourth-order valence-corrected chi connectivity index (χ4v) is 1.41. The zero-order valence-corrected chi connectivity index (χ0v) is 9.32. The predicted octanol–water partition coefficient (Wildman–Crippen LogP) is 0.487. The van der Waals surface area contributed by atoms with E-state index in [-0.39, 0.29) is 5.91 Å². The zero-order chi connectivity index (χ0) is 11.6. The molecule has 1 aliphatic heterocycles. The molecule has 1 N–H and O–H groups in total. The van der Waals surface area contributed by atoms with Crippen molar-refractivity contribution in [1.82, 2.24) is 4.90 Å². The largest absolute Gasteiger partial charge is 0.480 e. The molecule has 5 nitrogen and oxygen atoms in total. The Balaban J connectivity index is 2.70. The summed E-state index contributed by atoms with van der Waals surface area (Å²) in [5.41, 5.74) is -1.19. The average molecular weight is 215 g/mol. The summed E-state index contributed by atoms with van der Waals surface area (Å²) >= 11 is 0. The number of aliphatic carboxylic acids is 1. The normalized spacial score (nSPS) is 21.4. The van der Waals surface area contributed by atoms with E-state index in [1.165, 1.54) is 25.8 Å². The molecule has 1 saturated heterocycles. The predicted molar refractivity (Wildman–Crippen MR) is 53.5 cm³/mol. The summed E-state index contributed by atoms with van der Waals surface area (Å²) in [6.45, 7) is 3.59. The Hall–Kier alpha value is -1.10. The van der Waals surface area contributed by atoms with Crippen LogP contribution in [0.15, 0.2) is 0 Å². The molecule has 5 heteroatoms. The molecule has 0 aromatic rings. The Labute approximate surface area is 89.0 Å². The highest BCUT2D eigenvalue weighted by molar-refractivity contribution is 5.88. The number of carboxylic acids is 1. The van der Waals surface area contributed by atoms with Crippen molar-refractivity contribution in [3.63, 3.8) is 0 Å². The van der Waals surface area contributed by atoms with E-state index in [0.717, 1.165) is 6.42 Å². The van der Waals surface area contributed by atoms with E-state index < -0.39 is 17.6 Å². The van der Waals surface area contributed by atoms with Crippen LogP contribution in [0.1, 0.15) is 26.7 Å². The average Bonchev–Trinajstić information content (AvgIpc) is 2.67. The second-order valence-corrected chi connectivity index (χ2v) is 4.26. The van der Waals surface area contributed by atoms with Gasteiger partial charge in [0, 0.05) is 13.7 Å². The smallest absolute Gasteiger partial charge is 0.329 e. The van der Waals surface area contributed by atoms with Gasteiger partial charge < -0.3 is 14.7 Å². The number of carboxylic acid groups (broad SMARTS) is 1. The van der Waals surface area contributed by atoms with Crippen molar-refractivity contribution in [3.8, 4) is 0 Å². The number of carbonyl (C=O) groups is 2. The van der Waals surface area contributed by atoms with Gasteiger partial charge in [0.25, 0.3) is 5.91 Å². The molecule has 0 aliphatic carbocycles. The fraction of sp³-hybridized carbons (Fsp3) is 0.800. The van der Waals surface area contributed by atoms with Crippen LogP contribution in [-0.4, -0.2) is 47.2 Å². The molecule has 0 aromatic carbocycles. The molecule has 1 heterocycles. The third-order valence-corrected chi connectivity index (χ3v) is 2.90. The van der Waals surface area contributed by atoms with Gasteiger partial charge in [0.15, 0.2) is 0 Å². The van der Waals surface area contributed by atoms with E-state index >= 15 is 0 Å². The molecular weight excluding hydrogens is 198 g/mol. The number of carbonyl (C=O) groups excluding carboxylic acids is 1. The Morgan fingerprint density at radius 1 is 1.47 bits per heavy atom. The third kappa shape index (κ3) is 2.28. The molecule has 1 aliphatic rings. The van der Waals surface area contributed by atoms with Crippen molar-refractivity contribution < 1.29 is 19.4 Å². The molecule has 15 heavy (non-hydrogen) atoms. The Bertz CT molecular complexity index is 269. The van der Waals surface area contributed by atoms with Crippen LogP contribution in [0.5, 0.6) is 0 Å². The van der Waals surface area contributed by atoms with Crippen molar-refractivity contribution in [3.05, 3.63) is 0 Å². The van der Waals surface area contributed by atoms with Gasteiger partial charge in [-0.1, -0.05) is 0 Å². The van der Waals surface area contributed by atoms with Gasteiger partial charge in [0.2, 0.25) is 0 Å². The van der Waals surface area contributed by atoms with Crippen LogP contribution in [0.25, 0.3) is 0 Å². The van der Waals surface area contributed by atoms with Crippen molar-refractivity contribution in [1.29, 1.82) is 0 Å². The molecule has 0 saturated carbocycles. The molecule has 1 amide bonds. The summed E-state index contributed by atoms with van der Waals surface area (Å²) < 4.78 is 5.23. The molecule has 1 atom stereocenters. The van der Waals surface area contributed by atoms with Gasteiger partial charge in [-0.05, 0) is 26.7 Å². The van der Waals surface area contributed by atoms with Crippen LogP contribution in [0.2, 0.25) is 0 Å². The van der Waals surface area contributed by atoms with Crippen molar-refractivity contribution in [2.45, 2.75) is 38.3 Å². The second kappa shape index (κ2) is 4.18. The van der Waals surface area contributed by atoms with Gasteiger partial charge in [-0.3, -0.25) is 4.79 Å². The highest BCUT2D eigenvalue weighted by atomic mass is 16.5. The van der Waals surface area contributed by atoms with Gasteiger partial charge in [-0.25, -0.2) is 4.79 Å². The highest BCUT2D eigenvalue weighted by Gasteiger charge is 2.38. The Morgan fingerprint density at radius 3 is 2.47 bits per heavy atom. The molecule has 1 rings (SSSR count). The van der Waals surface area contributed by atoms with E-state index in [4.69, 9.17) is 9.84 Å². The minimum absolute atomic E-state index is 0.250. The van der Waals surface area contributed by atoms with E-state index in [1.807, 2.05) is 0 Å². The summed E-state index contributed by atoms with van der Waals surface area (Å²) in [5, 5.41) is 8.97. The monoisotopic (exact) mass is 215 g/mol. The van der Waals surface area contributed by atoms with Crippen LogP contribution >= 0.6 is 0 Å². The van der Waals surface area contributed by atoms with Gasteiger partial charge in [0.05, 0.1) is 0 Å². The van der Waals surface area contributed by atoms with Gasteiger partial charge in [-0.15, -0.1) is 0 Å². The summed E-state index contributed by atoms with van der Waals surface area (Å²) in [4.78, 5) is 24.0. The van der Waals surface area contributed by atoms with Crippen molar-refractivity contribution in [2.24, 2.45) is 0 Å². The van der Waals surface area contributed by atoms with Crippen molar-refractivity contribution in [2.75, 3.05) is 13.7 Å². The number of hydrogen-bond acceptors (Lipinski definition) is 3. The molecule has 1 fully saturated rings. The summed E-state index contributed by atoms with van der Waals surface area (Å²) in [5.74, 6) is -1.27. The molecule has 0 spiro atoms. The maximum atomic E-state index is 11.8. The fourth-order valence-electron chi connectivity index (χ4n) is 1.41. The number of hydrogen-bond donors (Lipinski definition) is 1. The minimum atomic E-state index is -1.19. The highest BCUT2D eigenvalue weighted by Crippen LogP contribution is 2.19. The summed E-state index contributed by atoms with van der Waals surface area (Å²) in [6.07, 6.45) is 1.07. The molecule has 0 aromatic heterocycles. The number of likely N-dealkylation sites (N-methyl/N-ethyl adjacent to an activating group) is 1. The van der Waals surface area contributed by atoms with E-state index in [9.17, 15) is 9.59 Å². The maximum absolute atomic E-state index is 11.8. The minimum Gasteiger partial charge on any atom is -0.480 e. The quantitative estimate of drug-likeness (QED) is 0.744. The van der Waals surface area contributed by atoms with E-state index in [1.54, 1.807) is 0 Å². The Kier molecular flexibility index (Phi) is 3.34. The number of amides is 1. The van der Waals surface area contributed by atoms with E-state index in [2.05, 4.69) is 0 Å². The molecule has 1 unspecified atom stereocenters. The first-order chi connectivity index (χ1) is 6.87. The Morgan fingerprint density at radius 2 is 2.07 bits per heavy atom. The lowest BCUT2D eigenvalue weighted by molar-refractivity contribution is -0.159. The number of rotatable bonds is 3. The molecule has 0 bridgehead atoms. The number of nitrogens with zero attached hydrogens (tertiary/aromatic N) is 1. The van der Waals surface area contributed by atoms with Gasteiger partial charge >= 0.3 is 5.97 Å². The zero-order valence-electron chi connectivity index (χ0n) is 9.32. The number of ether oxygens (including phenoxy) is 1. The van der Waals surface area contributed by atoms with Crippen LogP contribution in [0, 0.1) is 0 Å². The second-order valence-electron chi connectivity index (χ2n) is 4.26.